The number of carbonyl (C=O) groups excluding carboxylic acids is 3. The quantitative estimate of drug-likeness (QED) is 0.553. The second-order valence-electron chi connectivity index (χ2n) is 7.16. The predicted molar refractivity (Wildman–Crippen MR) is 118 cm³/mol. The molecule has 1 atom stereocenters. The molecule has 3 aromatic rings. The summed E-state index contributed by atoms with van der Waals surface area (Å²) >= 11 is 0. The number of amides is 2. The molecule has 0 fully saturated rings. The Kier molecular flexibility index (Phi) is 7.30. The number of hydrogen-bond acceptors (Lipinski definition) is 4. The Labute approximate surface area is 181 Å². The number of aliphatic hydroxyl groups excluding tert-OH is 1. The van der Waals surface area contributed by atoms with E-state index in [1.807, 2.05) is 36.4 Å². The summed E-state index contributed by atoms with van der Waals surface area (Å²) < 4.78 is 0. The average Bonchev–Trinajstić information content (AvgIpc) is 2.82. The minimum atomic E-state index is -1.09. The topological polar surface area (TPSA) is 86.7 Å². The van der Waals surface area contributed by atoms with Crippen LogP contribution in [-0.4, -0.2) is 47.3 Å². The third-order valence-electron chi connectivity index (χ3n) is 4.85. The number of rotatable bonds is 8. The first kappa shape index (κ1) is 21.9. The van der Waals surface area contributed by atoms with Gasteiger partial charge in [0.25, 0.3) is 5.91 Å². The van der Waals surface area contributed by atoms with Crippen LogP contribution in [0.25, 0.3) is 0 Å². The Balaban J connectivity index is 1.69. The summed E-state index contributed by atoms with van der Waals surface area (Å²) in [6, 6.07) is 23.4. The summed E-state index contributed by atoms with van der Waals surface area (Å²) in [5, 5.41) is 12.2. The molecule has 0 unspecified atom stereocenters. The number of nitrogens with one attached hydrogen (secondary N) is 1. The molecule has 0 aliphatic rings. The Morgan fingerprint density at radius 3 is 2.06 bits per heavy atom. The van der Waals surface area contributed by atoms with Crippen LogP contribution in [0.3, 0.4) is 0 Å². The summed E-state index contributed by atoms with van der Waals surface area (Å²) in [6.07, 6.45) is 0. The van der Waals surface area contributed by atoms with Gasteiger partial charge in [0.2, 0.25) is 5.91 Å². The molecule has 2 amide bonds. The highest BCUT2D eigenvalue weighted by Gasteiger charge is 2.24. The molecule has 0 spiro atoms. The number of hydrogen-bond donors (Lipinski definition) is 2. The van der Waals surface area contributed by atoms with Gasteiger partial charge in [-0.2, -0.15) is 0 Å². The van der Waals surface area contributed by atoms with Gasteiger partial charge in [-0.25, -0.2) is 0 Å². The van der Waals surface area contributed by atoms with Gasteiger partial charge in [0.15, 0.2) is 5.78 Å². The van der Waals surface area contributed by atoms with E-state index in [1.165, 1.54) is 11.0 Å². The molecule has 0 aliphatic heterocycles. The van der Waals surface area contributed by atoms with Crippen LogP contribution in [0.2, 0.25) is 0 Å². The zero-order valence-electron chi connectivity index (χ0n) is 17.2. The fourth-order valence-electron chi connectivity index (χ4n) is 3.19. The summed E-state index contributed by atoms with van der Waals surface area (Å²) in [4.78, 5) is 39.5. The van der Waals surface area contributed by atoms with Gasteiger partial charge in [0.05, 0.1) is 6.61 Å². The van der Waals surface area contributed by atoms with Crippen LogP contribution in [0, 0.1) is 0 Å². The van der Waals surface area contributed by atoms with E-state index in [9.17, 15) is 19.5 Å². The molecule has 2 N–H and O–H groups in total. The van der Waals surface area contributed by atoms with E-state index in [0.717, 1.165) is 5.56 Å². The van der Waals surface area contributed by atoms with Gasteiger partial charge in [-0.15, -0.1) is 0 Å². The second-order valence-corrected chi connectivity index (χ2v) is 7.16. The molecule has 31 heavy (non-hydrogen) atoms. The normalized spacial score (nSPS) is 11.4. The zero-order chi connectivity index (χ0) is 22.2. The molecule has 0 saturated carbocycles. The van der Waals surface area contributed by atoms with Gasteiger partial charge in [-0.3, -0.25) is 14.4 Å². The van der Waals surface area contributed by atoms with Gasteiger partial charge in [-0.1, -0.05) is 72.8 Å². The highest BCUT2D eigenvalue weighted by molar-refractivity contribution is 6.10. The zero-order valence-corrected chi connectivity index (χ0v) is 17.2. The predicted octanol–water partition coefficient (Wildman–Crippen LogP) is 2.67. The summed E-state index contributed by atoms with van der Waals surface area (Å²) in [5.41, 5.74) is 2.06. The first-order chi connectivity index (χ1) is 15.0. The van der Waals surface area contributed by atoms with Crippen molar-refractivity contribution in [2.45, 2.75) is 12.6 Å². The lowest BCUT2D eigenvalue weighted by molar-refractivity contribution is -0.133. The van der Waals surface area contributed by atoms with Crippen LogP contribution >= 0.6 is 0 Å². The van der Waals surface area contributed by atoms with E-state index in [4.69, 9.17) is 0 Å². The maximum atomic E-state index is 12.7. The van der Waals surface area contributed by atoms with Crippen LogP contribution in [0.4, 0.5) is 0 Å². The summed E-state index contributed by atoms with van der Waals surface area (Å²) in [5.74, 6) is -1.15. The van der Waals surface area contributed by atoms with E-state index in [1.54, 1.807) is 49.5 Å². The van der Waals surface area contributed by atoms with E-state index in [2.05, 4.69) is 5.32 Å². The first-order valence-corrected chi connectivity index (χ1v) is 9.90. The maximum absolute atomic E-state index is 12.7. The highest BCUT2D eigenvalue weighted by atomic mass is 16.3. The molecule has 6 nitrogen and oxygen atoms in total. The van der Waals surface area contributed by atoms with Crippen molar-refractivity contribution < 1.29 is 19.5 Å². The maximum Gasteiger partial charge on any atom is 0.252 e. The third kappa shape index (κ3) is 5.65. The number of carbonyl (C=O) groups is 3. The molecule has 3 aromatic carbocycles. The summed E-state index contributed by atoms with van der Waals surface area (Å²) in [7, 11) is 1.61. The third-order valence-corrected chi connectivity index (χ3v) is 4.85. The lowest BCUT2D eigenvalue weighted by Gasteiger charge is -2.23. The van der Waals surface area contributed by atoms with Crippen LogP contribution in [-0.2, 0) is 11.3 Å². The van der Waals surface area contributed by atoms with Crippen molar-refractivity contribution >= 4 is 17.6 Å². The SMILES string of the molecule is CN(Cc1ccccc1)C(=O)[C@H](CO)NC(=O)c1cccc(C(=O)c2ccccc2)c1. The van der Waals surface area contributed by atoms with E-state index in [0.29, 0.717) is 17.7 Å². The van der Waals surface area contributed by atoms with Crippen molar-refractivity contribution in [1.82, 2.24) is 10.2 Å². The van der Waals surface area contributed by atoms with Crippen LogP contribution < -0.4 is 5.32 Å². The molecule has 158 valence electrons. The molecule has 0 bridgehead atoms. The molecule has 0 radical (unpaired) electrons. The van der Waals surface area contributed by atoms with Crippen molar-refractivity contribution in [1.29, 1.82) is 0 Å². The van der Waals surface area contributed by atoms with Gasteiger partial charge in [0, 0.05) is 30.3 Å². The summed E-state index contributed by atoms with van der Waals surface area (Å²) in [6.45, 7) is -0.181. The standard InChI is InChI=1S/C25H24N2O4/c1-27(16-18-9-4-2-5-10-18)25(31)22(17-28)26-24(30)21-14-8-13-20(15-21)23(29)19-11-6-3-7-12-19/h2-15,22,28H,16-17H2,1H3,(H,26,30)/t22-/m0/s1. The molecule has 3 rings (SSSR count). The number of nitrogens with zero attached hydrogens (tertiary/aromatic N) is 1. The Bertz CT molecular complexity index is 1050. The largest absolute Gasteiger partial charge is 0.394 e. The Hall–Kier alpha value is -3.77. The monoisotopic (exact) mass is 416 g/mol. The smallest absolute Gasteiger partial charge is 0.252 e. The minimum absolute atomic E-state index is 0.201. The van der Waals surface area contributed by atoms with Crippen LogP contribution in [0.5, 0.6) is 0 Å². The van der Waals surface area contributed by atoms with E-state index < -0.39 is 24.5 Å². The van der Waals surface area contributed by atoms with Crippen molar-refractivity contribution in [3.8, 4) is 0 Å². The fourth-order valence-corrected chi connectivity index (χ4v) is 3.19. The molecule has 6 heteroatoms. The van der Waals surface area contributed by atoms with Gasteiger partial charge in [0.1, 0.15) is 6.04 Å². The highest BCUT2D eigenvalue weighted by Crippen LogP contribution is 2.12. The Morgan fingerprint density at radius 2 is 1.42 bits per heavy atom. The van der Waals surface area contributed by atoms with Gasteiger partial charge >= 0.3 is 0 Å². The van der Waals surface area contributed by atoms with Crippen LogP contribution in [0.1, 0.15) is 31.8 Å². The molecular weight excluding hydrogens is 392 g/mol. The van der Waals surface area contributed by atoms with Crippen molar-refractivity contribution in [2.24, 2.45) is 0 Å². The molecule has 0 aromatic heterocycles. The van der Waals surface area contributed by atoms with Gasteiger partial charge < -0.3 is 15.3 Å². The van der Waals surface area contributed by atoms with E-state index in [-0.39, 0.29) is 11.3 Å². The molecule has 0 aliphatic carbocycles. The van der Waals surface area contributed by atoms with Crippen molar-refractivity contribution in [3.05, 3.63) is 107 Å². The number of benzene rings is 3. The van der Waals surface area contributed by atoms with Crippen molar-refractivity contribution in [3.63, 3.8) is 0 Å². The number of likely N-dealkylation sites (N-methyl/N-ethyl adjacent to an activating group) is 1. The molecular formula is C25H24N2O4. The van der Waals surface area contributed by atoms with Crippen molar-refractivity contribution in [2.75, 3.05) is 13.7 Å². The average molecular weight is 416 g/mol. The molecule has 0 saturated heterocycles. The first-order valence-electron chi connectivity index (χ1n) is 9.90. The lowest BCUT2D eigenvalue weighted by Crippen LogP contribution is -2.49. The molecule has 0 heterocycles. The minimum Gasteiger partial charge on any atom is -0.394 e. The van der Waals surface area contributed by atoms with Crippen LogP contribution in [0.15, 0.2) is 84.9 Å². The van der Waals surface area contributed by atoms with E-state index >= 15 is 0 Å². The lowest BCUT2D eigenvalue weighted by atomic mass is 10.0. The second kappa shape index (κ2) is 10.3. The Morgan fingerprint density at radius 1 is 0.839 bits per heavy atom. The fraction of sp³-hybridized carbons (Fsp3) is 0.160. The van der Waals surface area contributed by atoms with Gasteiger partial charge in [-0.05, 0) is 17.7 Å². The number of aliphatic hydroxyl groups is 1. The number of ketones is 1.